The molecule has 1 N–H and O–H groups in total. The van der Waals surface area contributed by atoms with Gasteiger partial charge in [-0.05, 0) is 24.3 Å². The molecule has 0 fully saturated rings. The van der Waals surface area contributed by atoms with Gasteiger partial charge in [0.2, 0.25) is 0 Å². The molecule has 0 unspecified atom stereocenters. The predicted molar refractivity (Wildman–Crippen MR) is 61.8 cm³/mol. The third-order valence-corrected chi connectivity index (χ3v) is 2.30. The highest BCUT2D eigenvalue weighted by Crippen LogP contribution is 2.09. The second kappa shape index (κ2) is 6.23. The number of pyridine rings is 1. The van der Waals surface area contributed by atoms with Crippen molar-refractivity contribution < 1.29 is 21.9 Å². The maximum Gasteiger partial charge on any atom is 0.305 e. The number of halogens is 2. The summed E-state index contributed by atoms with van der Waals surface area (Å²) in [6.07, 6.45) is 3.52. The quantitative estimate of drug-likeness (QED) is 0.698. The molecular weight excluding hydrogens is 259 g/mol. The van der Waals surface area contributed by atoms with E-state index in [1.54, 1.807) is 41.3 Å². The molecule has 1 heterocycles. The number of rotatable bonds is 2. The Bertz CT molecular complexity index is 486. The van der Waals surface area contributed by atoms with E-state index in [1.807, 2.05) is 18.2 Å². The summed E-state index contributed by atoms with van der Waals surface area (Å²) in [5.74, 6) is -0.173. The standard InChI is InChI=1S/C12H9ClN2O.ClH/c13-11-6-4-10(5-7-11)12(16)14-15-8-2-1-3-9-15;/h1-9H;1H. The second-order valence-corrected chi connectivity index (χ2v) is 3.67. The first-order chi connectivity index (χ1) is 7.75. The Labute approximate surface area is 110 Å². The van der Waals surface area contributed by atoms with Crippen molar-refractivity contribution in [2.24, 2.45) is 0 Å². The molecular formula is C12H10Cl2N2O. The maximum absolute atomic E-state index is 11.8. The zero-order valence-electron chi connectivity index (χ0n) is 8.81. The fourth-order valence-corrected chi connectivity index (χ4v) is 1.38. The Morgan fingerprint density at radius 3 is 2.24 bits per heavy atom. The van der Waals surface area contributed by atoms with E-state index >= 15 is 0 Å². The molecule has 2 rings (SSSR count). The van der Waals surface area contributed by atoms with Crippen molar-refractivity contribution in [2.45, 2.75) is 0 Å². The number of carbonyl (C=O) groups is 1. The largest absolute Gasteiger partial charge is 1.00 e. The van der Waals surface area contributed by atoms with Crippen LogP contribution >= 0.6 is 11.6 Å². The van der Waals surface area contributed by atoms with E-state index in [1.165, 1.54) is 0 Å². The first-order valence-electron chi connectivity index (χ1n) is 4.79. The second-order valence-electron chi connectivity index (χ2n) is 3.23. The lowest BCUT2D eigenvalue weighted by molar-refractivity contribution is -0.641. The van der Waals surface area contributed by atoms with Gasteiger partial charge < -0.3 is 12.4 Å². The molecule has 5 heteroatoms. The predicted octanol–water partition coefficient (Wildman–Crippen LogP) is -0.985. The third-order valence-electron chi connectivity index (χ3n) is 2.05. The molecule has 1 aromatic heterocycles. The lowest BCUT2D eigenvalue weighted by Crippen LogP contribution is -3.00. The molecule has 2 aromatic rings. The summed E-state index contributed by atoms with van der Waals surface area (Å²) >= 11 is 5.74. The van der Waals surface area contributed by atoms with Crippen LogP contribution in [0.5, 0.6) is 0 Å². The van der Waals surface area contributed by atoms with Crippen molar-refractivity contribution in [3.63, 3.8) is 0 Å². The van der Waals surface area contributed by atoms with Crippen LogP contribution in [0.3, 0.4) is 0 Å². The van der Waals surface area contributed by atoms with Crippen molar-refractivity contribution in [2.75, 3.05) is 5.43 Å². The Morgan fingerprint density at radius 2 is 1.65 bits per heavy atom. The van der Waals surface area contributed by atoms with E-state index in [2.05, 4.69) is 5.43 Å². The van der Waals surface area contributed by atoms with Crippen LogP contribution in [0.4, 0.5) is 0 Å². The Balaban J connectivity index is 0.00000144. The minimum absolute atomic E-state index is 0. The molecule has 88 valence electrons. The fourth-order valence-electron chi connectivity index (χ4n) is 1.26. The van der Waals surface area contributed by atoms with Crippen LogP contribution in [0.25, 0.3) is 0 Å². The summed E-state index contributed by atoms with van der Waals surface area (Å²) in [7, 11) is 0. The van der Waals surface area contributed by atoms with E-state index in [0.29, 0.717) is 10.6 Å². The molecule has 1 aromatic carbocycles. The van der Waals surface area contributed by atoms with Gasteiger partial charge in [0.15, 0.2) is 12.4 Å². The van der Waals surface area contributed by atoms with Crippen LogP contribution < -0.4 is 22.5 Å². The van der Waals surface area contributed by atoms with Crippen LogP contribution in [0, 0.1) is 0 Å². The first-order valence-corrected chi connectivity index (χ1v) is 5.17. The molecule has 0 bridgehead atoms. The number of nitrogens with one attached hydrogen (secondary N) is 1. The van der Waals surface area contributed by atoms with Gasteiger partial charge in [0.25, 0.3) is 0 Å². The minimum atomic E-state index is -0.173. The molecule has 0 aliphatic rings. The minimum Gasteiger partial charge on any atom is -1.00 e. The van der Waals surface area contributed by atoms with E-state index in [4.69, 9.17) is 11.6 Å². The molecule has 1 amide bonds. The zero-order valence-corrected chi connectivity index (χ0v) is 10.3. The summed E-state index contributed by atoms with van der Waals surface area (Å²) in [4.78, 5) is 11.8. The van der Waals surface area contributed by atoms with Gasteiger partial charge in [-0.2, -0.15) is 0 Å². The van der Waals surface area contributed by atoms with Crippen LogP contribution in [0.1, 0.15) is 10.4 Å². The van der Waals surface area contributed by atoms with E-state index in [9.17, 15) is 4.79 Å². The third kappa shape index (κ3) is 3.73. The van der Waals surface area contributed by atoms with E-state index < -0.39 is 0 Å². The summed E-state index contributed by atoms with van der Waals surface area (Å²) in [5, 5.41) is 0.615. The van der Waals surface area contributed by atoms with Crippen LogP contribution in [-0.4, -0.2) is 5.91 Å². The van der Waals surface area contributed by atoms with Crippen LogP contribution in [0.15, 0.2) is 54.9 Å². The molecule has 3 nitrogen and oxygen atoms in total. The van der Waals surface area contributed by atoms with Crippen molar-refractivity contribution >= 4 is 17.5 Å². The normalized spacial score (nSPS) is 9.24. The van der Waals surface area contributed by atoms with Crippen molar-refractivity contribution in [1.29, 1.82) is 0 Å². The summed E-state index contributed by atoms with van der Waals surface area (Å²) in [6, 6.07) is 12.3. The number of benzene rings is 1. The van der Waals surface area contributed by atoms with E-state index in [0.717, 1.165) is 0 Å². The number of amides is 1. The smallest absolute Gasteiger partial charge is 0.305 e. The summed E-state index contributed by atoms with van der Waals surface area (Å²) in [6.45, 7) is 0. The zero-order chi connectivity index (χ0) is 11.4. The topological polar surface area (TPSA) is 33.0 Å². The molecule has 0 spiro atoms. The van der Waals surface area contributed by atoms with Crippen molar-refractivity contribution in [3.05, 3.63) is 65.4 Å². The highest BCUT2D eigenvalue weighted by Gasteiger charge is 2.09. The number of carbonyl (C=O) groups excluding carboxylic acids is 1. The lowest BCUT2D eigenvalue weighted by Gasteiger charge is -1.99. The van der Waals surface area contributed by atoms with Gasteiger partial charge in [-0.15, -0.1) is 5.43 Å². The SMILES string of the molecule is O=C(N[n+]1ccccc1)c1ccc(Cl)cc1.[Cl-]. The number of aromatic nitrogens is 1. The Kier molecular flexibility index (Phi) is 4.94. The van der Waals surface area contributed by atoms with Gasteiger partial charge in [0.05, 0.1) is 0 Å². The van der Waals surface area contributed by atoms with Crippen LogP contribution in [0.2, 0.25) is 5.02 Å². The maximum atomic E-state index is 11.8. The Hall–Kier alpha value is -1.58. The average Bonchev–Trinajstić information content (AvgIpc) is 2.31. The highest BCUT2D eigenvalue weighted by atomic mass is 35.5. The fraction of sp³-hybridized carbons (Fsp3) is 0. The molecule has 0 saturated heterocycles. The molecule has 17 heavy (non-hydrogen) atoms. The van der Waals surface area contributed by atoms with Gasteiger partial charge >= 0.3 is 5.91 Å². The van der Waals surface area contributed by atoms with E-state index in [-0.39, 0.29) is 18.3 Å². The van der Waals surface area contributed by atoms with Crippen LogP contribution in [-0.2, 0) is 0 Å². The highest BCUT2D eigenvalue weighted by molar-refractivity contribution is 6.30. The van der Waals surface area contributed by atoms with Gasteiger partial charge in [-0.3, -0.25) is 4.79 Å². The average molecular weight is 269 g/mol. The Morgan fingerprint density at radius 1 is 1.06 bits per heavy atom. The van der Waals surface area contributed by atoms with Gasteiger partial charge in [-0.1, -0.05) is 22.3 Å². The van der Waals surface area contributed by atoms with Gasteiger partial charge in [0, 0.05) is 22.7 Å². The molecule has 0 radical (unpaired) electrons. The molecule has 0 atom stereocenters. The first kappa shape index (κ1) is 13.5. The van der Waals surface area contributed by atoms with Crippen molar-refractivity contribution in [1.82, 2.24) is 0 Å². The van der Waals surface area contributed by atoms with Gasteiger partial charge in [0.1, 0.15) is 0 Å². The molecule has 0 aliphatic carbocycles. The van der Waals surface area contributed by atoms with Gasteiger partial charge in [-0.25, -0.2) is 0 Å². The molecule has 0 aliphatic heterocycles. The monoisotopic (exact) mass is 268 g/mol. The number of nitrogens with zero attached hydrogens (tertiary/aromatic N) is 1. The lowest BCUT2D eigenvalue weighted by atomic mass is 10.2. The van der Waals surface area contributed by atoms with Crippen molar-refractivity contribution in [3.8, 4) is 0 Å². The summed E-state index contributed by atoms with van der Waals surface area (Å²) < 4.78 is 1.59. The number of hydrogen-bond acceptors (Lipinski definition) is 1. The summed E-state index contributed by atoms with van der Waals surface area (Å²) in [5.41, 5.74) is 3.28. The number of hydrogen-bond donors (Lipinski definition) is 1. The molecule has 0 saturated carbocycles.